The predicted molar refractivity (Wildman–Crippen MR) is 187 cm³/mol. The zero-order valence-electron chi connectivity index (χ0n) is 29.8. The summed E-state index contributed by atoms with van der Waals surface area (Å²) in [5.74, 6) is 1.28. The molecule has 2 unspecified atom stereocenters. The Hall–Kier alpha value is -3.48. The third-order valence-corrected chi connectivity index (χ3v) is 11.4. The molecule has 11 heteroatoms. The summed E-state index contributed by atoms with van der Waals surface area (Å²) in [4.78, 5) is 47.1. The van der Waals surface area contributed by atoms with Crippen molar-refractivity contribution in [2.75, 3.05) is 6.54 Å². The molecule has 0 radical (unpaired) electrons. The standard InChI is InChI=1S/C40H41N5O5.K/c1-21-28-12-9-25(38(47)44-20-27-11-14-31(44)34(27)45(39(48)49)40(2,3)4)17-33(28)50-35(21)32-16-24-10-13-30(42-36(24)43(32)19-22-5-6-22)23-7-8-26-18-41-37(46)29(26)15-23;/h7-10,12-13,15-17,22,27,31,34H,5-6,11,14,18-20H2,1-4H3,(H,41,46)(H,48,49);/q;+1/p-1/t27?,31?,34-;/m1./s1. The topological polar surface area (TPSA) is 124 Å². The number of furan rings is 1. The largest absolute Gasteiger partial charge is 1.00 e. The molecule has 2 bridgehead atoms. The minimum Gasteiger partial charge on any atom is -0.530 e. The van der Waals surface area contributed by atoms with E-state index in [2.05, 4.69) is 28.9 Å². The summed E-state index contributed by atoms with van der Waals surface area (Å²) in [5, 5.41) is 17.1. The monoisotopic (exact) mass is 709 g/mol. The van der Waals surface area contributed by atoms with Gasteiger partial charge in [0.05, 0.1) is 23.5 Å². The molecule has 9 rings (SSSR count). The van der Waals surface area contributed by atoms with E-state index in [0.29, 0.717) is 35.7 Å². The molecule has 1 saturated heterocycles. The fourth-order valence-corrected chi connectivity index (χ4v) is 8.79. The van der Waals surface area contributed by atoms with Crippen molar-refractivity contribution in [2.45, 2.75) is 84.1 Å². The maximum atomic E-state index is 14.0. The number of fused-ring (bicyclic) bond motifs is 5. The minimum absolute atomic E-state index is 0. The van der Waals surface area contributed by atoms with Crippen molar-refractivity contribution in [2.24, 2.45) is 11.8 Å². The van der Waals surface area contributed by atoms with Crippen LogP contribution in [0.2, 0.25) is 0 Å². The number of aryl methyl sites for hydroxylation is 1. The first-order valence-electron chi connectivity index (χ1n) is 17.7. The number of hydrogen-bond acceptors (Lipinski definition) is 6. The summed E-state index contributed by atoms with van der Waals surface area (Å²) in [5.41, 5.74) is 6.82. The number of aromatic nitrogens is 2. The number of benzene rings is 2. The Morgan fingerprint density at radius 1 is 1.04 bits per heavy atom. The van der Waals surface area contributed by atoms with Crippen LogP contribution in [-0.2, 0) is 13.1 Å². The Bertz CT molecular complexity index is 2260. The van der Waals surface area contributed by atoms with Crippen LogP contribution in [0.4, 0.5) is 4.79 Å². The van der Waals surface area contributed by atoms with E-state index < -0.39 is 11.6 Å². The van der Waals surface area contributed by atoms with Crippen LogP contribution in [0.1, 0.15) is 78.3 Å². The van der Waals surface area contributed by atoms with E-state index in [1.165, 1.54) is 17.7 Å². The first kappa shape index (κ1) is 34.6. The first-order valence-corrected chi connectivity index (χ1v) is 17.7. The van der Waals surface area contributed by atoms with Crippen molar-refractivity contribution < 1.29 is 75.3 Å². The molecule has 51 heavy (non-hydrogen) atoms. The molecule has 4 aliphatic rings. The van der Waals surface area contributed by atoms with Gasteiger partial charge in [-0.3, -0.25) is 9.59 Å². The van der Waals surface area contributed by atoms with Crippen LogP contribution >= 0.6 is 0 Å². The second-order valence-electron chi connectivity index (χ2n) is 15.7. The van der Waals surface area contributed by atoms with Gasteiger partial charge in [0.1, 0.15) is 17.3 Å². The van der Waals surface area contributed by atoms with Gasteiger partial charge in [0.2, 0.25) is 0 Å². The maximum Gasteiger partial charge on any atom is 1.00 e. The van der Waals surface area contributed by atoms with Crippen molar-refractivity contribution in [3.8, 4) is 22.7 Å². The SMILES string of the molecule is Cc1c(-c2cc3ccc(-c4ccc5c(c4)C(=O)NC5)nc3n2CC2CC2)oc2cc(C(=O)N3CC4CCC3[C@@H]4N(C(=O)[O-])C(C)(C)C)ccc12.[K+]. The number of rotatable bonds is 6. The quantitative estimate of drug-likeness (QED) is 0.271. The molecule has 5 aromatic rings. The van der Waals surface area contributed by atoms with Crippen LogP contribution in [0, 0.1) is 18.8 Å². The number of carboxylic acid groups (broad SMARTS) is 1. The Labute approximate surface area is 339 Å². The summed E-state index contributed by atoms with van der Waals surface area (Å²) >= 11 is 0. The number of nitrogens with zero attached hydrogens (tertiary/aromatic N) is 4. The number of piperidine rings is 1. The van der Waals surface area contributed by atoms with Crippen molar-refractivity contribution in [1.82, 2.24) is 24.7 Å². The fraction of sp³-hybridized carbons (Fsp3) is 0.400. The Morgan fingerprint density at radius 2 is 1.84 bits per heavy atom. The molecule has 2 aromatic carbocycles. The predicted octanol–water partition coefficient (Wildman–Crippen LogP) is 3.13. The Morgan fingerprint density at radius 3 is 2.59 bits per heavy atom. The van der Waals surface area contributed by atoms with Gasteiger partial charge in [-0.15, -0.1) is 0 Å². The molecule has 256 valence electrons. The molecular weight excluding hydrogens is 670 g/mol. The molecule has 2 aliphatic carbocycles. The van der Waals surface area contributed by atoms with Gasteiger partial charge in [-0.25, -0.2) is 4.98 Å². The van der Waals surface area contributed by atoms with E-state index in [-0.39, 0.29) is 81.2 Å². The van der Waals surface area contributed by atoms with Gasteiger partial charge < -0.3 is 34.0 Å². The van der Waals surface area contributed by atoms with E-state index in [1.807, 2.05) is 68.1 Å². The second kappa shape index (κ2) is 12.6. The molecule has 3 atom stereocenters. The zero-order valence-corrected chi connectivity index (χ0v) is 32.9. The van der Waals surface area contributed by atoms with Crippen molar-refractivity contribution in [3.63, 3.8) is 0 Å². The fourth-order valence-electron chi connectivity index (χ4n) is 8.79. The molecular formula is C40H40KN5O5. The van der Waals surface area contributed by atoms with Gasteiger partial charge in [-0.05, 0) is 107 Å². The van der Waals surface area contributed by atoms with Gasteiger partial charge in [0.15, 0.2) is 5.76 Å². The average Bonchev–Trinajstić information content (AvgIpc) is 3.32. The first-order chi connectivity index (χ1) is 24.0. The van der Waals surface area contributed by atoms with Gasteiger partial charge in [-0.1, -0.05) is 18.2 Å². The summed E-state index contributed by atoms with van der Waals surface area (Å²) < 4.78 is 8.90. The number of nitrogens with one attached hydrogen (secondary N) is 1. The number of amides is 3. The third-order valence-electron chi connectivity index (χ3n) is 11.4. The van der Waals surface area contributed by atoms with Crippen LogP contribution in [0.25, 0.3) is 44.7 Å². The number of hydrogen-bond donors (Lipinski definition) is 1. The van der Waals surface area contributed by atoms with Crippen molar-refractivity contribution >= 4 is 39.9 Å². The molecule has 3 aromatic heterocycles. The van der Waals surface area contributed by atoms with E-state index >= 15 is 0 Å². The minimum atomic E-state index is -1.18. The summed E-state index contributed by atoms with van der Waals surface area (Å²) in [6, 6.07) is 17.4. The molecule has 1 N–H and O–H groups in total. The van der Waals surface area contributed by atoms with E-state index in [0.717, 1.165) is 69.6 Å². The van der Waals surface area contributed by atoms with Crippen molar-refractivity contribution in [3.05, 3.63) is 76.9 Å². The molecule has 2 aliphatic heterocycles. The Kier molecular flexibility index (Phi) is 8.53. The average molecular weight is 710 g/mol. The van der Waals surface area contributed by atoms with Gasteiger partial charge in [-0.2, -0.15) is 0 Å². The van der Waals surface area contributed by atoms with E-state index in [4.69, 9.17) is 9.40 Å². The van der Waals surface area contributed by atoms with Crippen molar-refractivity contribution in [1.29, 1.82) is 0 Å². The zero-order chi connectivity index (χ0) is 34.6. The Balaban J connectivity index is 0.00000374. The summed E-state index contributed by atoms with van der Waals surface area (Å²) in [7, 11) is 0. The molecule has 0 spiro atoms. The maximum absolute atomic E-state index is 14.0. The number of carbonyl (C=O) groups is 3. The molecule has 2 saturated carbocycles. The molecule has 3 fully saturated rings. The van der Waals surface area contributed by atoms with E-state index in [1.54, 1.807) is 0 Å². The third kappa shape index (κ3) is 5.76. The van der Waals surface area contributed by atoms with Crippen LogP contribution in [0.15, 0.2) is 59.0 Å². The van der Waals surface area contributed by atoms with Crippen LogP contribution in [0.5, 0.6) is 0 Å². The van der Waals surface area contributed by atoms with Crippen LogP contribution in [0.3, 0.4) is 0 Å². The van der Waals surface area contributed by atoms with Crippen LogP contribution < -0.4 is 61.8 Å². The number of likely N-dealkylation sites (tertiary alicyclic amines) is 1. The van der Waals surface area contributed by atoms with Gasteiger partial charge >= 0.3 is 51.4 Å². The number of pyridine rings is 1. The second-order valence-corrected chi connectivity index (χ2v) is 15.7. The normalized spacial score (nSPS) is 20.9. The van der Waals surface area contributed by atoms with Gasteiger partial charge in [0.25, 0.3) is 11.8 Å². The van der Waals surface area contributed by atoms with Gasteiger partial charge in [0, 0.05) is 58.2 Å². The molecule has 10 nitrogen and oxygen atoms in total. The summed E-state index contributed by atoms with van der Waals surface area (Å²) in [6.45, 7) is 9.62. The van der Waals surface area contributed by atoms with Crippen LogP contribution in [-0.4, -0.2) is 61.4 Å². The summed E-state index contributed by atoms with van der Waals surface area (Å²) in [6.07, 6.45) is 2.85. The molecule has 3 amide bonds. The molecule has 5 heterocycles. The van der Waals surface area contributed by atoms with E-state index in [9.17, 15) is 19.5 Å². The number of carbonyl (C=O) groups excluding carboxylic acids is 3. The smallest absolute Gasteiger partial charge is 0.530 e.